The van der Waals surface area contributed by atoms with Gasteiger partial charge in [0.15, 0.2) is 0 Å². The minimum absolute atomic E-state index is 0.0745. The smallest absolute Gasteiger partial charge is 0.240 e. The van der Waals surface area contributed by atoms with Gasteiger partial charge in [-0.25, -0.2) is 13.6 Å². The molecule has 116 valence electrons. The van der Waals surface area contributed by atoms with Crippen LogP contribution in [0.25, 0.3) is 10.9 Å². The van der Waals surface area contributed by atoms with Crippen LogP contribution in [0.15, 0.2) is 29.3 Å². The van der Waals surface area contributed by atoms with Gasteiger partial charge in [-0.1, -0.05) is 13.0 Å². The lowest BCUT2D eigenvalue weighted by molar-refractivity contribution is 0.127. The standard InChI is InChI=1S/C14H20N2O4S/c1-3-8-20-9-7-16-10-13(21(15,17)18)14-11(16)5-4-6-12(14)19-2/h4-6,10H,3,7-9H2,1-2H3,(H2,15,17,18). The molecule has 0 amide bonds. The monoisotopic (exact) mass is 312 g/mol. The van der Waals surface area contributed by atoms with Crippen molar-refractivity contribution in [2.45, 2.75) is 24.8 Å². The SMILES string of the molecule is CCCOCCn1cc(S(N)(=O)=O)c2c(OC)cccc21. The summed E-state index contributed by atoms with van der Waals surface area (Å²) in [5.74, 6) is 0.491. The quantitative estimate of drug-likeness (QED) is 0.789. The van der Waals surface area contributed by atoms with Crippen molar-refractivity contribution in [3.63, 3.8) is 0 Å². The molecule has 2 rings (SSSR count). The maximum Gasteiger partial charge on any atom is 0.240 e. The first-order chi connectivity index (χ1) is 9.99. The van der Waals surface area contributed by atoms with Gasteiger partial charge in [0.1, 0.15) is 10.6 Å². The first-order valence-electron chi connectivity index (χ1n) is 6.75. The number of fused-ring (bicyclic) bond motifs is 1. The van der Waals surface area contributed by atoms with Crippen molar-refractivity contribution >= 4 is 20.9 Å². The molecule has 1 aromatic heterocycles. The average Bonchev–Trinajstić information content (AvgIpc) is 2.82. The van der Waals surface area contributed by atoms with E-state index in [-0.39, 0.29) is 4.90 Å². The summed E-state index contributed by atoms with van der Waals surface area (Å²) in [6.45, 7) is 3.79. The molecule has 0 atom stereocenters. The predicted octanol–water partition coefficient (Wildman–Crippen LogP) is 1.72. The number of primary sulfonamides is 1. The van der Waals surface area contributed by atoms with Gasteiger partial charge in [-0.2, -0.15) is 0 Å². The van der Waals surface area contributed by atoms with Crippen molar-refractivity contribution in [3.05, 3.63) is 24.4 Å². The molecular weight excluding hydrogens is 292 g/mol. The Labute approximate surface area is 124 Å². The van der Waals surface area contributed by atoms with Gasteiger partial charge in [0.05, 0.1) is 24.6 Å². The highest BCUT2D eigenvalue weighted by atomic mass is 32.2. The van der Waals surface area contributed by atoms with Gasteiger partial charge < -0.3 is 14.0 Å². The third-order valence-corrected chi connectivity index (χ3v) is 4.11. The van der Waals surface area contributed by atoms with E-state index < -0.39 is 10.0 Å². The normalized spacial score (nSPS) is 12.0. The largest absolute Gasteiger partial charge is 0.496 e. The molecule has 1 heterocycles. The summed E-state index contributed by atoms with van der Waals surface area (Å²) in [5.41, 5.74) is 0.762. The molecule has 6 nitrogen and oxygen atoms in total. The number of methoxy groups -OCH3 is 1. The number of benzene rings is 1. The van der Waals surface area contributed by atoms with E-state index >= 15 is 0 Å². The topological polar surface area (TPSA) is 83.5 Å². The third-order valence-electron chi connectivity index (χ3n) is 3.18. The van der Waals surface area contributed by atoms with Crippen LogP contribution in [-0.4, -0.2) is 33.3 Å². The van der Waals surface area contributed by atoms with Crippen molar-refractivity contribution in [1.29, 1.82) is 0 Å². The molecule has 0 aliphatic rings. The average molecular weight is 312 g/mol. The number of ether oxygens (including phenoxy) is 2. The summed E-state index contributed by atoms with van der Waals surface area (Å²) in [6.07, 6.45) is 2.49. The van der Waals surface area contributed by atoms with E-state index in [9.17, 15) is 8.42 Å². The second-order valence-corrected chi connectivity index (χ2v) is 6.23. The molecule has 2 N–H and O–H groups in total. The van der Waals surface area contributed by atoms with Crippen LogP contribution >= 0.6 is 0 Å². The number of nitrogens with two attached hydrogens (primary N) is 1. The molecule has 0 radical (unpaired) electrons. The maximum absolute atomic E-state index is 11.8. The van der Waals surface area contributed by atoms with Crippen molar-refractivity contribution in [2.24, 2.45) is 5.14 Å². The van der Waals surface area contributed by atoms with Gasteiger partial charge in [0.25, 0.3) is 0 Å². The molecule has 0 spiro atoms. The van der Waals surface area contributed by atoms with E-state index in [0.29, 0.717) is 30.9 Å². The van der Waals surface area contributed by atoms with Crippen molar-refractivity contribution in [3.8, 4) is 5.75 Å². The van der Waals surface area contributed by atoms with Gasteiger partial charge in [-0.15, -0.1) is 0 Å². The Balaban J connectivity index is 2.48. The summed E-state index contributed by atoms with van der Waals surface area (Å²) in [6, 6.07) is 5.37. The summed E-state index contributed by atoms with van der Waals surface area (Å²) in [5, 5.41) is 5.82. The Hall–Kier alpha value is -1.57. The van der Waals surface area contributed by atoms with Crippen LogP contribution in [0, 0.1) is 0 Å². The highest BCUT2D eigenvalue weighted by Crippen LogP contribution is 2.32. The van der Waals surface area contributed by atoms with Crippen LogP contribution in [0.2, 0.25) is 0 Å². The van der Waals surface area contributed by atoms with E-state index in [1.165, 1.54) is 13.3 Å². The Morgan fingerprint density at radius 1 is 1.29 bits per heavy atom. The number of hydrogen-bond donors (Lipinski definition) is 1. The predicted molar refractivity (Wildman–Crippen MR) is 81.0 cm³/mol. The van der Waals surface area contributed by atoms with Crippen LogP contribution in [0.1, 0.15) is 13.3 Å². The first kappa shape index (κ1) is 15.8. The molecule has 0 aliphatic carbocycles. The van der Waals surface area contributed by atoms with Crippen molar-refractivity contribution < 1.29 is 17.9 Å². The fraction of sp³-hybridized carbons (Fsp3) is 0.429. The second kappa shape index (κ2) is 6.46. The molecule has 7 heteroatoms. The minimum atomic E-state index is -3.82. The van der Waals surface area contributed by atoms with Gasteiger partial charge in [0.2, 0.25) is 10.0 Å². The zero-order valence-corrected chi connectivity index (χ0v) is 13.0. The maximum atomic E-state index is 11.8. The van der Waals surface area contributed by atoms with E-state index in [2.05, 4.69) is 0 Å². The van der Waals surface area contributed by atoms with Crippen LogP contribution < -0.4 is 9.88 Å². The third kappa shape index (κ3) is 3.37. The molecule has 0 aliphatic heterocycles. The van der Waals surface area contributed by atoms with E-state index in [1.807, 2.05) is 23.6 Å². The van der Waals surface area contributed by atoms with Crippen LogP contribution in [0.3, 0.4) is 0 Å². The minimum Gasteiger partial charge on any atom is -0.496 e. The van der Waals surface area contributed by atoms with Crippen LogP contribution in [0.4, 0.5) is 0 Å². The summed E-state index contributed by atoms with van der Waals surface area (Å²) >= 11 is 0. The van der Waals surface area contributed by atoms with Gasteiger partial charge in [-0.05, 0) is 18.6 Å². The van der Waals surface area contributed by atoms with Crippen molar-refractivity contribution in [1.82, 2.24) is 4.57 Å². The Kier molecular flexibility index (Phi) is 4.87. The fourth-order valence-corrected chi connectivity index (χ4v) is 3.03. The van der Waals surface area contributed by atoms with E-state index in [0.717, 1.165) is 11.9 Å². The number of hydrogen-bond acceptors (Lipinski definition) is 4. The molecule has 0 saturated carbocycles. The summed E-state index contributed by atoms with van der Waals surface area (Å²) in [7, 11) is -2.31. The number of rotatable bonds is 7. The summed E-state index contributed by atoms with van der Waals surface area (Å²) < 4.78 is 36.1. The van der Waals surface area contributed by atoms with Crippen LogP contribution in [-0.2, 0) is 21.3 Å². The highest BCUT2D eigenvalue weighted by molar-refractivity contribution is 7.89. The summed E-state index contributed by atoms with van der Waals surface area (Å²) in [4.78, 5) is 0.0745. The van der Waals surface area contributed by atoms with Gasteiger partial charge in [-0.3, -0.25) is 0 Å². The number of sulfonamides is 1. The van der Waals surface area contributed by atoms with Gasteiger partial charge >= 0.3 is 0 Å². The molecule has 0 fully saturated rings. The molecular formula is C14H20N2O4S. The fourth-order valence-electron chi connectivity index (χ4n) is 2.26. The molecule has 1 aromatic carbocycles. The lowest BCUT2D eigenvalue weighted by Gasteiger charge is -2.07. The molecule has 0 bridgehead atoms. The number of aromatic nitrogens is 1. The lowest BCUT2D eigenvalue weighted by Crippen LogP contribution is -2.12. The van der Waals surface area contributed by atoms with E-state index in [4.69, 9.17) is 14.6 Å². The highest BCUT2D eigenvalue weighted by Gasteiger charge is 2.20. The zero-order chi connectivity index (χ0) is 15.5. The van der Waals surface area contributed by atoms with Crippen molar-refractivity contribution in [2.75, 3.05) is 20.3 Å². The Bertz CT molecular complexity index is 722. The first-order valence-corrected chi connectivity index (χ1v) is 8.30. The molecule has 21 heavy (non-hydrogen) atoms. The molecule has 0 saturated heterocycles. The number of nitrogens with zero attached hydrogens (tertiary/aromatic N) is 1. The van der Waals surface area contributed by atoms with Crippen LogP contribution in [0.5, 0.6) is 5.75 Å². The van der Waals surface area contributed by atoms with Gasteiger partial charge in [0, 0.05) is 19.3 Å². The van der Waals surface area contributed by atoms with E-state index in [1.54, 1.807) is 6.07 Å². The molecule has 2 aromatic rings. The molecule has 0 unspecified atom stereocenters. The Morgan fingerprint density at radius 2 is 2.05 bits per heavy atom. The second-order valence-electron chi connectivity index (χ2n) is 4.70. The Morgan fingerprint density at radius 3 is 2.67 bits per heavy atom. The lowest BCUT2D eigenvalue weighted by atomic mass is 10.2. The zero-order valence-electron chi connectivity index (χ0n) is 12.2.